The first kappa shape index (κ1) is 17.8. The van der Waals surface area contributed by atoms with Crippen LogP contribution in [-0.4, -0.2) is 42.7 Å². The highest BCUT2D eigenvalue weighted by Gasteiger charge is 2.31. The van der Waals surface area contributed by atoms with Crippen LogP contribution < -0.4 is 10.2 Å². The average Bonchev–Trinajstić information content (AvgIpc) is 2.52. The average molecular weight is 345 g/mol. The van der Waals surface area contributed by atoms with Crippen molar-refractivity contribution in [2.75, 3.05) is 37.6 Å². The highest BCUT2D eigenvalue weighted by Crippen LogP contribution is 2.31. The Morgan fingerprint density at radius 1 is 1.22 bits per heavy atom. The minimum Gasteiger partial charge on any atom is -0.368 e. The number of anilines is 1. The van der Waals surface area contributed by atoms with Gasteiger partial charge in [-0.15, -0.1) is 0 Å². The zero-order chi connectivity index (χ0) is 17.0. The molecule has 7 heteroatoms. The summed E-state index contributed by atoms with van der Waals surface area (Å²) < 4.78 is 38.4. The van der Waals surface area contributed by atoms with E-state index in [1.165, 1.54) is 12.1 Å². The SMILES string of the molecule is CC(C)CNC(=S)N1CCN(c2cccc(C(F)(F)F)c2)CC1. The van der Waals surface area contributed by atoms with Crippen LogP contribution in [0.5, 0.6) is 0 Å². The Labute approximate surface area is 140 Å². The van der Waals surface area contributed by atoms with Crippen LogP contribution in [0.15, 0.2) is 24.3 Å². The molecule has 0 amide bonds. The molecule has 128 valence electrons. The molecule has 3 nitrogen and oxygen atoms in total. The zero-order valence-corrected chi connectivity index (χ0v) is 14.2. The number of hydrogen-bond donors (Lipinski definition) is 1. The lowest BCUT2D eigenvalue weighted by molar-refractivity contribution is -0.137. The number of piperazine rings is 1. The van der Waals surface area contributed by atoms with E-state index in [1.807, 2.05) is 4.90 Å². The molecule has 2 rings (SSSR count). The van der Waals surface area contributed by atoms with Crippen molar-refractivity contribution in [3.05, 3.63) is 29.8 Å². The second-order valence-electron chi connectivity index (χ2n) is 6.10. The van der Waals surface area contributed by atoms with Crippen molar-refractivity contribution in [2.24, 2.45) is 5.92 Å². The molecule has 1 fully saturated rings. The summed E-state index contributed by atoms with van der Waals surface area (Å²) in [6, 6.07) is 5.50. The molecule has 1 aromatic carbocycles. The topological polar surface area (TPSA) is 18.5 Å². The highest BCUT2D eigenvalue weighted by atomic mass is 32.1. The van der Waals surface area contributed by atoms with E-state index in [0.717, 1.165) is 17.7 Å². The monoisotopic (exact) mass is 345 g/mol. The van der Waals surface area contributed by atoms with Crippen LogP contribution in [0, 0.1) is 5.92 Å². The first-order valence-electron chi connectivity index (χ1n) is 7.72. The summed E-state index contributed by atoms with van der Waals surface area (Å²) in [6.07, 6.45) is -4.31. The van der Waals surface area contributed by atoms with E-state index in [-0.39, 0.29) is 0 Å². The van der Waals surface area contributed by atoms with Gasteiger partial charge in [-0.2, -0.15) is 13.2 Å². The molecule has 23 heavy (non-hydrogen) atoms. The lowest BCUT2D eigenvalue weighted by Gasteiger charge is -2.37. The van der Waals surface area contributed by atoms with Gasteiger partial charge in [0.25, 0.3) is 0 Å². The van der Waals surface area contributed by atoms with Crippen LogP contribution in [0.1, 0.15) is 19.4 Å². The number of halogens is 3. The van der Waals surface area contributed by atoms with Gasteiger partial charge in [0.15, 0.2) is 5.11 Å². The number of thiocarbonyl (C=S) groups is 1. The van der Waals surface area contributed by atoms with Gasteiger partial charge in [0.2, 0.25) is 0 Å². The van der Waals surface area contributed by atoms with Gasteiger partial charge < -0.3 is 15.1 Å². The molecule has 0 aliphatic carbocycles. The van der Waals surface area contributed by atoms with Crippen LogP contribution in [0.3, 0.4) is 0 Å². The number of alkyl halides is 3. The first-order valence-corrected chi connectivity index (χ1v) is 8.13. The number of hydrogen-bond acceptors (Lipinski definition) is 2. The number of nitrogens with one attached hydrogen (secondary N) is 1. The van der Waals surface area contributed by atoms with E-state index in [2.05, 4.69) is 24.1 Å². The number of rotatable bonds is 3. The Morgan fingerprint density at radius 2 is 1.87 bits per heavy atom. The van der Waals surface area contributed by atoms with Crippen molar-refractivity contribution in [3.63, 3.8) is 0 Å². The second kappa shape index (κ2) is 7.38. The van der Waals surface area contributed by atoms with Gasteiger partial charge >= 0.3 is 6.18 Å². The lowest BCUT2D eigenvalue weighted by atomic mass is 10.1. The van der Waals surface area contributed by atoms with Gasteiger partial charge in [-0.1, -0.05) is 19.9 Å². The van der Waals surface area contributed by atoms with Crippen molar-refractivity contribution in [1.29, 1.82) is 0 Å². The maximum absolute atomic E-state index is 12.8. The Hall–Kier alpha value is -1.50. The van der Waals surface area contributed by atoms with Crippen molar-refractivity contribution in [2.45, 2.75) is 20.0 Å². The fourth-order valence-corrected chi connectivity index (χ4v) is 2.72. The second-order valence-corrected chi connectivity index (χ2v) is 6.49. The maximum Gasteiger partial charge on any atom is 0.416 e. The molecule has 0 aromatic heterocycles. The molecule has 0 atom stereocenters. The Morgan fingerprint density at radius 3 is 2.43 bits per heavy atom. The molecular formula is C16H22F3N3S. The molecule has 1 aromatic rings. The summed E-state index contributed by atoms with van der Waals surface area (Å²) >= 11 is 5.36. The van der Waals surface area contributed by atoms with Crippen molar-refractivity contribution >= 4 is 23.0 Å². The number of nitrogens with zero attached hydrogens (tertiary/aromatic N) is 2. The lowest BCUT2D eigenvalue weighted by Crippen LogP contribution is -2.52. The normalized spacial score (nSPS) is 15.9. The van der Waals surface area contributed by atoms with Gasteiger partial charge in [-0.25, -0.2) is 0 Å². The van der Waals surface area contributed by atoms with Gasteiger partial charge in [0.05, 0.1) is 5.56 Å². The van der Waals surface area contributed by atoms with E-state index in [1.54, 1.807) is 6.07 Å². The molecule has 0 saturated carbocycles. The fraction of sp³-hybridized carbons (Fsp3) is 0.562. The van der Waals surface area contributed by atoms with Gasteiger partial charge in [0.1, 0.15) is 0 Å². The third-order valence-corrected chi connectivity index (χ3v) is 4.17. The smallest absolute Gasteiger partial charge is 0.368 e. The fourth-order valence-electron chi connectivity index (χ4n) is 2.45. The standard InChI is InChI=1S/C16H22F3N3S/c1-12(2)11-20-15(23)22-8-6-21(7-9-22)14-5-3-4-13(10-14)16(17,18)19/h3-5,10,12H,6-9,11H2,1-2H3,(H,20,23). The predicted molar refractivity (Wildman–Crippen MR) is 90.7 cm³/mol. The molecule has 1 aliphatic rings. The van der Waals surface area contributed by atoms with Crippen LogP contribution in [0.25, 0.3) is 0 Å². The minimum atomic E-state index is -4.31. The molecule has 1 heterocycles. The van der Waals surface area contributed by atoms with Crippen LogP contribution >= 0.6 is 12.2 Å². The largest absolute Gasteiger partial charge is 0.416 e. The van der Waals surface area contributed by atoms with E-state index in [0.29, 0.717) is 37.8 Å². The Kier molecular flexibility index (Phi) is 5.73. The van der Waals surface area contributed by atoms with E-state index in [9.17, 15) is 13.2 Å². The summed E-state index contributed by atoms with van der Waals surface area (Å²) in [6.45, 7) is 7.78. The molecular weight excluding hydrogens is 323 g/mol. The third-order valence-electron chi connectivity index (χ3n) is 3.77. The van der Waals surface area contributed by atoms with E-state index >= 15 is 0 Å². The number of benzene rings is 1. The quantitative estimate of drug-likeness (QED) is 0.847. The molecule has 1 saturated heterocycles. The Balaban J connectivity index is 1.93. The first-order chi connectivity index (χ1) is 10.8. The zero-order valence-electron chi connectivity index (χ0n) is 13.4. The third kappa shape index (κ3) is 4.99. The van der Waals surface area contributed by atoms with E-state index < -0.39 is 11.7 Å². The Bertz CT molecular complexity index is 538. The summed E-state index contributed by atoms with van der Waals surface area (Å²) in [5, 5.41) is 3.95. The summed E-state index contributed by atoms with van der Waals surface area (Å²) in [4.78, 5) is 4.04. The van der Waals surface area contributed by atoms with Crippen LogP contribution in [0.4, 0.5) is 18.9 Å². The van der Waals surface area contributed by atoms with Crippen molar-refractivity contribution in [1.82, 2.24) is 10.2 Å². The minimum absolute atomic E-state index is 0.513. The molecule has 0 spiro atoms. The molecule has 1 N–H and O–H groups in total. The van der Waals surface area contributed by atoms with Gasteiger partial charge in [0, 0.05) is 38.4 Å². The summed E-state index contributed by atoms with van der Waals surface area (Å²) in [5.41, 5.74) is 0.00656. The van der Waals surface area contributed by atoms with Gasteiger partial charge in [-0.3, -0.25) is 0 Å². The summed E-state index contributed by atoms with van der Waals surface area (Å²) in [7, 11) is 0. The van der Waals surface area contributed by atoms with Crippen LogP contribution in [0.2, 0.25) is 0 Å². The van der Waals surface area contributed by atoms with Crippen LogP contribution in [-0.2, 0) is 6.18 Å². The molecule has 0 unspecified atom stereocenters. The molecule has 0 bridgehead atoms. The van der Waals surface area contributed by atoms with Crippen molar-refractivity contribution in [3.8, 4) is 0 Å². The van der Waals surface area contributed by atoms with Gasteiger partial charge in [-0.05, 0) is 36.3 Å². The van der Waals surface area contributed by atoms with E-state index in [4.69, 9.17) is 12.2 Å². The predicted octanol–water partition coefficient (Wildman–Crippen LogP) is 3.36. The highest BCUT2D eigenvalue weighted by molar-refractivity contribution is 7.80. The maximum atomic E-state index is 12.8. The molecule has 1 aliphatic heterocycles. The van der Waals surface area contributed by atoms with Crippen molar-refractivity contribution < 1.29 is 13.2 Å². The summed E-state index contributed by atoms with van der Waals surface area (Å²) in [5.74, 6) is 0.513. The molecule has 0 radical (unpaired) electrons.